The van der Waals surface area contributed by atoms with Crippen LogP contribution in [-0.4, -0.2) is 38.9 Å². The zero-order valence-electron chi connectivity index (χ0n) is 20.4. The Morgan fingerprint density at radius 1 is 1.22 bits per heavy atom. The number of aromatic nitrogens is 4. The molecule has 0 aromatic carbocycles. The number of allylic oxidation sites excluding steroid dienone is 1. The van der Waals surface area contributed by atoms with E-state index in [-0.39, 0.29) is 28.2 Å². The lowest BCUT2D eigenvalue weighted by atomic mass is 9.97. The van der Waals surface area contributed by atoms with E-state index in [2.05, 4.69) is 20.7 Å². The highest BCUT2D eigenvalue weighted by Crippen LogP contribution is 2.34. The first kappa shape index (κ1) is 24.3. The van der Waals surface area contributed by atoms with Crippen molar-refractivity contribution in [1.29, 1.82) is 5.41 Å². The van der Waals surface area contributed by atoms with Gasteiger partial charge in [0.25, 0.3) is 11.1 Å². The molecule has 4 aromatic rings. The smallest absolute Gasteiger partial charge is 0.290 e. The highest BCUT2D eigenvalue weighted by Gasteiger charge is 2.22. The van der Waals surface area contributed by atoms with Crippen LogP contribution in [0.15, 0.2) is 52.2 Å². The van der Waals surface area contributed by atoms with Gasteiger partial charge in [-0.15, -0.1) is 11.3 Å². The fourth-order valence-corrected chi connectivity index (χ4v) is 5.95. The monoisotopic (exact) mass is 515 g/mol. The fraction of sp³-hybridized carbons (Fsp3) is 0.231. The number of aldehydes is 1. The lowest BCUT2D eigenvalue weighted by molar-refractivity contribution is 0.112. The van der Waals surface area contributed by atoms with Gasteiger partial charge in [-0.2, -0.15) is 9.78 Å². The highest BCUT2D eigenvalue weighted by molar-refractivity contribution is 7.19. The third kappa shape index (κ3) is 4.27. The number of carbonyl (C=O) groups excluding carboxylic acids is 1. The van der Waals surface area contributed by atoms with Crippen LogP contribution in [0.4, 0.5) is 5.69 Å². The van der Waals surface area contributed by atoms with Crippen molar-refractivity contribution in [2.45, 2.75) is 25.7 Å². The predicted octanol–water partition coefficient (Wildman–Crippen LogP) is 3.02. The van der Waals surface area contributed by atoms with Crippen LogP contribution in [0.5, 0.6) is 0 Å². The van der Waals surface area contributed by atoms with Gasteiger partial charge >= 0.3 is 0 Å². The second-order valence-corrected chi connectivity index (χ2v) is 9.81. The van der Waals surface area contributed by atoms with Crippen molar-refractivity contribution in [3.8, 4) is 16.9 Å². The van der Waals surface area contributed by atoms with E-state index in [4.69, 9.17) is 5.41 Å². The van der Waals surface area contributed by atoms with E-state index in [0.29, 0.717) is 27.9 Å². The van der Waals surface area contributed by atoms with Crippen LogP contribution in [0.1, 0.15) is 33.6 Å². The maximum Gasteiger partial charge on any atom is 0.290 e. The average Bonchev–Trinajstić information content (AvgIpc) is 3.30. The molecule has 10 nitrogen and oxygen atoms in total. The Bertz CT molecular complexity index is 1700. The predicted molar refractivity (Wildman–Crippen MR) is 145 cm³/mol. The number of nitrogens with one attached hydrogen (secondary N) is 3. The van der Waals surface area contributed by atoms with E-state index in [0.717, 1.165) is 37.3 Å². The molecular formula is C26H25N7O3S. The summed E-state index contributed by atoms with van der Waals surface area (Å²) in [6, 6.07) is 3.28. The Morgan fingerprint density at radius 3 is 2.78 bits per heavy atom. The second-order valence-electron chi connectivity index (χ2n) is 8.71. The van der Waals surface area contributed by atoms with Crippen molar-refractivity contribution < 1.29 is 4.79 Å². The summed E-state index contributed by atoms with van der Waals surface area (Å²) in [7, 11) is 3.28. The maximum atomic E-state index is 13.5. The molecule has 0 radical (unpaired) electrons. The molecule has 188 valence electrons. The van der Waals surface area contributed by atoms with E-state index in [1.807, 2.05) is 0 Å². The first-order valence-corrected chi connectivity index (χ1v) is 12.6. The van der Waals surface area contributed by atoms with Crippen molar-refractivity contribution in [3.63, 3.8) is 0 Å². The number of fused-ring (bicyclic) bond motifs is 3. The van der Waals surface area contributed by atoms with Crippen LogP contribution in [-0.2, 0) is 19.9 Å². The number of hydrogen-bond acceptors (Lipinski definition) is 9. The summed E-state index contributed by atoms with van der Waals surface area (Å²) in [5.74, 6) is 0.590. The van der Waals surface area contributed by atoms with Gasteiger partial charge in [0.2, 0.25) is 0 Å². The number of aryl methyl sites for hydroxylation is 3. The summed E-state index contributed by atoms with van der Waals surface area (Å²) in [6.45, 7) is 0. The molecule has 11 heteroatoms. The zero-order valence-corrected chi connectivity index (χ0v) is 21.2. The molecule has 1 aliphatic carbocycles. The summed E-state index contributed by atoms with van der Waals surface area (Å²) in [6.07, 6.45) is 12.2. The minimum absolute atomic E-state index is 0.133. The normalized spacial score (nSPS) is 13.3. The second kappa shape index (κ2) is 9.94. The van der Waals surface area contributed by atoms with E-state index in [9.17, 15) is 14.4 Å². The van der Waals surface area contributed by atoms with Crippen LogP contribution in [0.25, 0.3) is 27.0 Å². The molecule has 3 N–H and O–H groups in total. The van der Waals surface area contributed by atoms with Gasteiger partial charge in [-0.3, -0.25) is 14.4 Å². The van der Waals surface area contributed by atoms with Gasteiger partial charge in [-0.1, -0.05) is 0 Å². The van der Waals surface area contributed by atoms with E-state index in [1.54, 1.807) is 38.6 Å². The minimum atomic E-state index is -0.303. The Kier molecular flexibility index (Phi) is 6.53. The van der Waals surface area contributed by atoms with Crippen LogP contribution in [0, 0.1) is 5.41 Å². The fourth-order valence-electron chi connectivity index (χ4n) is 4.66. The highest BCUT2D eigenvalue weighted by atomic mass is 32.1. The number of carbonyl (C=O) groups is 1. The lowest BCUT2D eigenvalue weighted by Crippen LogP contribution is -2.24. The van der Waals surface area contributed by atoms with E-state index >= 15 is 0 Å². The molecule has 4 heterocycles. The molecule has 0 spiro atoms. The maximum absolute atomic E-state index is 13.5. The minimum Gasteiger partial charge on any atom is -0.375 e. The molecule has 0 atom stereocenters. The van der Waals surface area contributed by atoms with Crippen molar-refractivity contribution in [2.75, 3.05) is 12.4 Å². The number of nitrogens with zero attached hydrogens (tertiary/aromatic N) is 4. The summed E-state index contributed by atoms with van der Waals surface area (Å²) in [5, 5.41) is 18.5. The van der Waals surface area contributed by atoms with E-state index in [1.165, 1.54) is 43.3 Å². The lowest BCUT2D eigenvalue weighted by Gasteiger charge is -2.15. The summed E-state index contributed by atoms with van der Waals surface area (Å²) >= 11 is 1.50. The van der Waals surface area contributed by atoms with Crippen molar-refractivity contribution in [3.05, 3.63) is 79.3 Å². The summed E-state index contributed by atoms with van der Waals surface area (Å²) < 4.78 is 3.21. The SMILES string of the molecule is CN/C(=C\C=N)Nc1cc(-c2ccnc(-n3ncc4c5c(sc4c3=O)CCCC5)c2C=O)cn(C)c1=O. The third-order valence-corrected chi connectivity index (χ3v) is 7.77. The molecule has 0 aliphatic heterocycles. The first-order chi connectivity index (χ1) is 18.0. The number of rotatable bonds is 7. The molecule has 4 aromatic heterocycles. The van der Waals surface area contributed by atoms with Crippen molar-refractivity contribution in [2.24, 2.45) is 7.05 Å². The van der Waals surface area contributed by atoms with Gasteiger partial charge in [0, 0.05) is 48.5 Å². The topological polar surface area (TPSA) is 135 Å². The number of hydrogen-bond donors (Lipinski definition) is 3. The Labute approximate surface area is 215 Å². The summed E-state index contributed by atoms with van der Waals surface area (Å²) in [5.41, 5.74) is 2.12. The quantitative estimate of drug-likeness (QED) is 0.254. The molecule has 0 bridgehead atoms. The molecular weight excluding hydrogens is 490 g/mol. The Balaban J connectivity index is 1.66. The van der Waals surface area contributed by atoms with Gasteiger partial charge in [0.1, 0.15) is 16.2 Å². The first-order valence-electron chi connectivity index (χ1n) is 11.8. The van der Waals surface area contributed by atoms with Crippen LogP contribution < -0.4 is 21.8 Å². The molecule has 0 saturated carbocycles. The number of pyridine rings is 2. The van der Waals surface area contributed by atoms with Crippen molar-refractivity contribution in [1.82, 2.24) is 24.6 Å². The molecule has 37 heavy (non-hydrogen) atoms. The van der Waals surface area contributed by atoms with Gasteiger partial charge in [-0.25, -0.2) is 4.98 Å². The molecule has 0 fully saturated rings. The Hall–Kier alpha value is -4.38. The molecule has 1 aliphatic rings. The largest absolute Gasteiger partial charge is 0.375 e. The van der Waals surface area contributed by atoms with Gasteiger partial charge in [0.05, 0.1) is 11.8 Å². The standard InChI is InChI=1S/C26H25N7O3S/c1-28-22(7-9-27)31-20-11-15(13-32(2)25(20)35)16-8-10-29-24(19(16)14-34)33-26(36)23-18(12-30-33)17-5-3-4-6-21(17)37-23/h7-14,27-28,31H,3-6H2,1-2H3/b22-7+,27-9?. The van der Waals surface area contributed by atoms with E-state index < -0.39 is 0 Å². The van der Waals surface area contributed by atoms with Gasteiger partial charge in [0.15, 0.2) is 12.1 Å². The molecule has 0 saturated heterocycles. The third-order valence-electron chi connectivity index (χ3n) is 6.47. The molecule has 5 rings (SSSR count). The zero-order chi connectivity index (χ0) is 26.1. The van der Waals surface area contributed by atoms with Gasteiger partial charge in [-0.05, 0) is 55.0 Å². The van der Waals surface area contributed by atoms with Gasteiger partial charge < -0.3 is 20.6 Å². The van der Waals surface area contributed by atoms with Crippen molar-refractivity contribution >= 4 is 39.6 Å². The Morgan fingerprint density at radius 2 is 2.03 bits per heavy atom. The van der Waals surface area contributed by atoms with Crippen LogP contribution >= 0.6 is 11.3 Å². The molecule has 0 amide bonds. The number of thiophene rings is 1. The summed E-state index contributed by atoms with van der Waals surface area (Å²) in [4.78, 5) is 44.2. The van der Waals surface area contributed by atoms with Crippen LogP contribution in [0.2, 0.25) is 0 Å². The average molecular weight is 516 g/mol. The van der Waals surface area contributed by atoms with Crippen LogP contribution in [0.3, 0.4) is 0 Å². The number of anilines is 1. The molecule has 0 unspecified atom stereocenters.